The van der Waals surface area contributed by atoms with E-state index in [2.05, 4.69) is 25.8 Å². The van der Waals surface area contributed by atoms with E-state index in [0.717, 1.165) is 17.1 Å². The van der Waals surface area contributed by atoms with E-state index in [0.29, 0.717) is 5.92 Å². The summed E-state index contributed by atoms with van der Waals surface area (Å²) in [4.78, 5) is 5.67. The zero-order valence-electron chi connectivity index (χ0n) is 9.50. The fourth-order valence-corrected chi connectivity index (χ4v) is 2.54. The van der Waals surface area contributed by atoms with Crippen LogP contribution in [0.25, 0.3) is 0 Å². The molecule has 3 heteroatoms. The van der Waals surface area contributed by atoms with Gasteiger partial charge in [-0.1, -0.05) is 20.3 Å². The first-order chi connectivity index (χ1) is 6.54. The van der Waals surface area contributed by atoms with Gasteiger partial charge in [-0.05, 0) is 26.2 Å². The van der Waals surface area contributed by atoms with Crippen LogP contribution >= 0.6 is 11.3 Å². The zero-order valence-corrected chi connectivity index (χ0v) is 10.3. The Morgan fingerprint density at radius 3 is 2.50 bits per heavy atom. The highest BCUT2D eigenvalue weighted by Crippen LogP contribution is 2.28. The molecule has 0 saturated carbocycles. The molecule has 0 radical (unpaired) electrons. The number of nitrogens with two attached hydrogens (primary N) is 1. The highest BCUT2D eigenvalue weighted by molar-refractivity contribution is 7.11. The molecular formula is C11H20N2S. The zero-order chi connectivity index (χ0) is 10.7. The summed E-state index contributed by atoms with van der Waals surface area (Å²) in [5, 5.41) is 1.12. The summed E-state index contributed by atoms with van der Waals surface area (Å²) in [6.07, 6.45) is 2.27. The van der Waals surface area contributed by atoms with E-state index in [1.165, 1.54) is 11.3 Å². The van der Waals surface area contributed by atoms with Gasteiger partial charge in [0.15, 0.2) is 0 Å². The average molecular weight is 212 g/mol. The van der Waals surface area contributed by atoms with Crippen LogP contribution in [0.2, 0.25) is 0 Å². The van der Waals surface area contributed by atoms with Crippen LogP contribution in [0.15, 0.2) is 0 Å². The molecule has 80 valence electrons. The Balaban J connectivity index is 2.69. The van der Waals surface area contributed by atoms with Crippen molar-refractivity contribution in [3.8, 4) is 0 Å². The van der Waals surface area contributed by atoms with Gasteiger partial charge in [0.2, 0.25) is 0 Å². The molecule has 0 fully saturated rings. The van der Waals surface area contributed by atoms with Gasteiger partial charge in [0.1, 0.15) is 0 Å². The van der Waals surface area contributed by atoms with E-state index in [9.17, 15) is 0 Å². The molecule has 0 aliphatic heterocycles. The van der Waals surface area contributed by atoms with Crippen molar-refractivity contribution < 1.29 is 0 Å². The number of aromatic nitrogens is 1. The molecule has 0 bridgehead atoms. The van der Waals surface area contributed by atoms with Crippen LogP contribution in [0.1, 0.15) is 48.3 Å². The number of aryl methyl sites for hydroxylation is 2. The molecule has 0 aromatic carbocycles. The SMILES string of the molecule is CCC(C)CC(N)c1sc(C)nc1C. The maximum atomic E-state index is 6.16. The van der Waals surface area contributed by atoms with Crippen LogP contribution in [-0.2, 0) is 0 Å². The fraction of sp³-hybridized carbons (Fsp3) is 0.727. The highest BCUT2D eigenvalue weighted by atomic mass is 32.1. The fourth-order valence-electron chi connectivity index (χ4n) is 1.60. The standard InChI is InChI=1S/C11H20N2S/c1-5-7(2)6-10(12)11-8(3)13-9(4)14-11/h7,10H,5-6,12H2,1-4H3. The maximum Gasteiger partial charge on any atom is 0.0900 e. The van der Waals surface area contributed by atoms with Gasteiger partial charge in [0.25, 0.3) is 0 Å². The molecule has 0 aliphatic carbocycles. The van der Waals surface area contributed by atoms with Gasteiger partial charge in [-0.2, -0.15) is 0 Å². The Kier molecular flexibility index (Phi) is 4.08. The van der Waals surface area contributed by atoms with Gasteiger partial charge >= 0.3 is 0 Å². The summed E-state index contributed by atoms with van der Waals surface area (Å²) in [7, 11) is 0. The molecule has 14 heavy (non-hydrogen) atoms. The molecule has 1 rings (SSSR count). The summed E-state index contributed by atoms with van der Waals surface area (Å²) in [5.74, 6) is 0.701. The highest BCUT2D eigenvalue weighted by Gasteiger charge is 2.15. The second kappa shape index (κ2) is 4.89. The first kappa shape index (κ1) is 11.7. The summed E-state index contributed by atoms with van der Waals surface area (Å²) in [5.41, 5.74) is 7.27. The van der Waals surface area contributed by atoms with Gasteiger partial charge in [0.05, 0.1) is 10.7 Å². The molecule has 2 atom stereocenters. The van der Waals surface area contributed by atoms with Crippen molar-refractivity contribution in [3.05, 3.63) is 15.6 Å². The van der Waals surface area contributed by atoms with E-state index in [-0.39, 0.29) is 6.04 Å². The van der Waals surface area contributed by atoms with Crippen LogP contribution in [0.5, 0.6) is 0 Å². The first-order valence-corrected chi connectivity index (χ1v) is 6.05. The predicted molar refractivity (Wildman–Crippen MR) is 62.6 cm³/mol. The molecule has 0 amide bonds. The van der Waals surface area contributed by atoms with E-state index in [4.69, 9.17) is 5.73 Å². The van der Waals surface area contributed by atoms with Crippen molar-refractivity contribution in [2.75, 3.05) is 0 Å². The maximum absolute atomic E-state index is 6.16. The van der Waals surface area contributed by atoms with Crippen molar-refractivity contribution in [1.29, 1.82) is 0 Å². The Hall–Kier alpha value is -0.410. The third kappa shape index (κ3) is 2.79. The van der Waals surface area contributed by atoms with E-state index in [1.807, 2.05) is 6.92 Å². The van der Waals surface area contributed by atoms with Gasteiger partial charge in [-0.25, -0.2) is 4.98 Å². The van der Waals surface area contributed by atoms with Crippen molar-refractivity contribution in [1.82, 2.24) is 4.98 Å². The van der Waals surface area contributed by atoms with Crippen LogP contribution in [0.3, 0.4) is 0 Å². The molecule has 2 unspecified atom stereocenters. The Bertz CT molecular complexity index is 293. The third-order valence-electron chi connectivity index (χ3n) is 2.63. The lowest BCUT2D eigenvalue weighted by molar-refractivity contribution is 0.463. The minimum atomic E-state index is 0.177. The molecule has 0 saturated heterocycles. The van der Waals surface area contributed by atoms with Crippen LogP contribution < -0.4 is 5.73 Å². The van der Waals surface area contributed by atoms with E-state index < -0.39 is 0 Å². The monoisotopic (exact) mass is 212 g/mol. The van der Waals surface area contributed by atoms with Gasteiger partial charge in [-0.15, -0.1) is 11.3 Å². The number of nitrogens with zero attached hydrogens (tertiary/aromatic N) is 1. The molecule has 2 nitrogen and oxygen atoms in total. The summed E-state index contributed by atoms with van der Waals surface area (Å²) >= 11 is 1.74. The second-order valence-corrected chi connectivity index (χ2v) is 5.27. The number of rotatable bonds is 4. The lowest BCUT2D eigenvalue weighted by atomic mass is 9.98. The van der Waals surface area contributed by atoms with Gasteiger partial charge in [0, 0.05) is 10.9 Å². The largest absolute Gasteiger partial charge is 0.323 e. The first-order valence-electron chi connectivity index (χ1n) is 5.24. The van der Waals surface area contributed by atoms with Crippen LogP contribution in [-0.4, -0.2) is 4.98 Å². The lowest BCUT2D eigenvalue weighted by Gasteiger charge is -2.14. The lowest BCUT2D eigenvalue weighted by Crippen LogP contribution is -2.13. The molecule has 0 spiro atoms. The summed E-state index contributed by atoms with van der Waals surface area (Å²) in [6.45, 7) is 8.55. The quantitative estimate of drug-likeness (QED) is 0.832. The summed E-state index contributed by atoms with van der Waals surface area (Å²) in [6, 6.07) is 0.177. The molecule has 1 aromatic rings. The second-order valence-electron chi connectivity index (χ2n) is 4.04. The van der Waals surface area contributed by atoms with Crippen molar-refractivity contribution in [2.45, 2.75) is 46.6 Å². The minimum absolute atomic E-state index is 0.177. The Morgan fingerprint density at radius 2 is 2.07 bits per heavy atom. The van der Waals surface area contributed by atoms with Gasteiger partial charge in [-0.3, -0.25) is 0 Å². The van der Waals surface area contributed by atoms with Crippen molar-refractivity contribution in [2.24, 2.45) is 11.7 Å². The normalized spacial score (nSPS) is 15.5. The van der Waals surface area contributed by atoms with Gasteiger partial charge < -0.3 is 5.73 Å². The number of hydrogen-bond acceptors (Lipinski definition) is 3. The van der Waals surface area contributed by atoms with Crippen molar-refractivity contribution >= 4 is 11.3 Å². The molecule has 0 aliphatic rings. The summed E-state index contributed by atoms with van der Waals surface area (Å²) < 4.78 is 0. The van der Waals surface area contributed by atoms with Crippen LogP contribution in [0.4, 0.5) is 0 Å². The molecular weight excluding hydrogens is 192 g/mol. The predicted octanol–water partition coefficient (Wildman–Crippen LogP) is 3.20. The van der Waals surface area contributed by atoms with Crippen molar-refractivity contribution in [3.63, 3.8) is 0 Å². The van der Waals surface area contributed by atoms with E-state index in [1.54, 1.807) is 11.3 Å². The molecule has 1 aromatic heterocycles. The minimum Gasteiger partial charge on any atom is -0.323 e. The average Bonchev–Trinajstić information content (AvgIpc) is 2.45. The van der Waals surface area contributed by atoms with Crippen LogP contribution in [0, 0.1) is 19.8 Å². The molecule has 1 heterocycles. The topological polar surface area (TPSA) is 38.9 Å². The number of thiazole rings is 1. The third-order valence-corrected chi connectivity index (χ3v) is 3.83. The van der Waals surface area contributed by atoms with E-state index >= 15 is 0 Å². The molecule has 2 N–H and O–H groups in total. The smallest absolute Gasteiger partial charge is 0.0900 e. The Labute approximate surface area is 90.6 Å². The number of hydrogen-bond donors (Lipinski definition) is 1. The Morgan fingerprint density at radius 1 is 1.43 bits per heavy atom.